The molecule has 2 heterocycles. The fourth-order valence-electron chi connectivity index (χ4n) is 3.01. The average molecular weight is 293 g/mol. The van der Waals surface area contributed by atoms with Crippen LogP contribution in [-0.2, 0) is 4.79 Å². The van der Waals surface area contributed by atoms with Gasteiger partial charge in [-0.15, -0.1) is 12.4 Å². The molecule has 0 saturated carbocycles. The molecule has 2 aliphatic rings. The lowest BCUT2D eigenvalue weighted by molar-refractivity contribution is -0.122. The summed E-state index contributed by atoms with van der Waals surface area (Å²) in [5, 5.41) is 6.81. The first-order chi connectivity index (χ1) is 8.28. The number of carbonyl (C=O) groups excluding carboxylic acids is 1. The second-order valence-electron chi connectivity index (χ2n) is 5.32. The van der Waals surface area contributed by atoms with E-state index in [1.165, 1.54) is 18.6 Å². The summed E-state index contributed by atoms with van der Waals surface area (Å²) in [6, 6.07) is 1.76. The SMILES string of the molecule is CSCCCCC(=O)NC1CC2CCC(C1)N2.Cl. The van der Waals surface area contributed by atoms with Gasteiger partial charge in [0.1, 0.15) is 0 Å². The zero-order valence-electron chi connectivity index (χ0n) is 11.1. The molecule has 2 unspecified atom stereocenters. The van der Waals surface area contributed by atoms with Crippen LogP contribution in [0.3, 0.4) is 0 Å². The minimum Gasteiger partial charge on any atom is -0.353 e. The number of halogens is 1. The van der Waals surface area contributed by atoms with Gasteiger partial charge in [0.2, 0.25) is 5.91 Å². The maximum Gasteiger partial charge on any atom is 0.220 e. The number of piperidine rings is 1. The molecule has 0 aromatic carbocycles. The summed E-state index contributed by atoms with van der Waals surface area (Å²) in [5.41, 5.74) is 0. The fraction of sp³-hybridized carbons (Fsp3) is 0.923. The lowest BCUT2D eigenvalue weighted by Crippen LogP contribution is -2.47. The van der Waals surface area contributed by atoms with E-state index in [0.29, 0.717) is 24.5 Å². The number of unbranched alkanes of at least 4 members (excludes halogenated alkanes) is 1. The van der Waals surface area contributed by atoms with Crippen molar-refractivity contribution in [1.82, 2.24) is 10.6 Å². The number of thioether (sulfide) groups is 1. The number of amides is 1. The molecule has 1 amide bonds. The Hall–Kier alpha value is 0.0700. The molecular weight excluding hydrogens is 268 g/mol. The van der Waals surface area contributed by atoms with Crippen LogP contribution in [0, 0.1) is 0 Å². The van der Waals surface area contributed by atoms with Gasteiger partial charge < -0.3 is 10.6 Å². The van der Waals surface area contributed by atoms with E-state index < -0.39 is 0 Å². The van der Waals surface area contributed by atoms with Crippen LogP contribution in [-0.4, -0.2) is 36.0 Å². The summed E-state index contributed by atoms with van der Waals surface area (Å²) in [4.78, 5) is 11.8. The van der Waals surface area contributed by atoms with Crippen molar-refractivity contribution in [2.24, 2.45) is 0 Å². The molecule has 5 heteroatoms. The van der Waals surface area contributed by atoms with Gasteiger partial charge in [0, 0.05) is 24.5 Å². The Morgan fingerprint density at radius 3 is 2.56 bits per heavy atom. The maximum absolute atomic E-state index is 11.8. The third-order valence-corrected chi connectivity index (χ3v) is 4.54. The number of hydrogen-bond acceptors (Lipinski definition) is 3. The van der Waals surface area contributed by atoms with E-state index in [-0.39, 0.29) is 18.3 Å². The molecule has 2 atom stereocenters. The number of carbonyl (C=O) groups is 1. The standard InChI is InChI=1S/C13H24N2OS.ClH/c1-17-7-3-2-4-13(16)15-12-8-10-5-6-11(9-12)14-10;/h10-12,14H,2-9H2,1H3,(H,15,16);1H. The Labute approximate surface area is 121 Å². The summed E-state index contributed by atoms with van der Waals surface area (Å²) in [5.74, 6) is 1.43. The van der Waals surface area contributed by atoms with Gasteiger partial charge in [0.15, 0.2) is 0 Å². The van der Waals surface area contributed by atoms with Crippen molar-refractivity contribution < 1.29 is 4.79 Å². The van der Waals surface area contributed by atoms with Crippen LogP contribution in [0.25, 0.3) is 0 Å². The number of hydrogen-bond donors (Lipinski definition) is 2. The van der Waals surface area contributed by atoms with Crippen LogP contribution in [0.15, 0.2) is 0 Å². The first kappa shape index (κ1) is 16.1. The molecule has 0 aliphatic carbocycles. The van der Waals surface area contributed by atoms with Crippen LogP contribution < -0.4 is 10.6 Å². The molecular formula is C13H25ClN2OS. The normalized spacial score (nSPS) is 29.7. The van der Waals surface area contributed by atoms with Crippen LogP contribution in [0.5, 0.6) is 0 Å². The van der Waals surface area contributed by atoms with E-state index in [9.17, 15) is 4.79 Å². The molecule has 0 spiro atoms. The number of nitrogens with one attached hydrogen (secondary N) is 2. The third kappa shape index (κ3) is 4.98. The third-order valence-electron chi connectivity index (χ3n) is 3.84. The highest BCUT2D eigenvalue weighted by molar-refractivity contribution is 7.98. The zero-order chi connectivity index (χ0) is 12.1. The lowest BCUT2D eigenvalue weighted by Gasteiger charge is -2.29. The Kier molecular flexibility index (Phi) is 7.42. The minimum atomic E-state index is 0. The van der Waals surface area contributed by atoms with Gasteiger partial charge in [-0.1, -0.05) is 0 Å². The monoisotopic (exact) mass is 292 g/mol. The van der Waals surface area contributed by atoms with Gasteiger partial charge in [0.25, 0.3) is 0 Å². The van der Waals surface area contributed by atoms with Crippen LogP contribution in [0.1, 0.15) is 44.9 Å². The predicted molar refractivity (Wildman–Crippen MR) is 80.6 cm³/mol. The van der Waals surface area contributed by atoms with E-state index in [1.54, 1.807) is 0 Å². The first-order valence-corrected chi connectivity index (χ1v) is 8.21. The topological polar surface area (TPSA) is 41.1 Å². The molecule has 18 heavy (non-hydrogen) atoms. The molecule has 0 aromatic heterocycles. The van der Waals surface area contributed by atoms with Gasteiger partial charge in [-0.05, 0) is 50.5 Å². The smallest absolute Gasteiger partial charge is 0.220 e. The number of rotatable bonds is 6. The van der Waals surface area contributed by atoms with Crippen molar-refractivity contribution in [3.05, 3.63) is 0 Å². The highest BCUT2D eigenvalue weighted by Crippen LogP contribution is 2.26. The first-order valence-electron chi connectivity index (χ1n) is 6.82. The Morgan fingerprint density at radius 2 is 1.94 bits per heavy atom. The highest BCUT2D eigenvalue weighted by atomic mass is 35.5. The molecule has 0 aromatic rings. The molecule has 106 valence electrons. The molecule has 2 saturated heterocycles. The van der Waals surface area contributed by atoms with E-state index in [0.717, 1.165) is 25.7 Å². The van der Waals surface area contributed by atoms with Crippen LogP contribution >= 0.6 is 24.2 Å². The molecule has 2 fully saturated rings. The summed E-state index contributed by atoms with van der Waals surface area (Å²) >= 11 is 1.86. The maximum atomic E-state index is 11.8. The van der Waals surface area contributed by atoms with E-state index in [1.807, 2.05) is 11.8 Å². The van der Waals surface area contributed by atoms with Crippen molar-refractivity contribution in [3.8, 4) is 0 Å². The summed E-state index contributed by atoms with van der Waals surface area (Å²) < 4.78 is 0. The van der Waals surface area contributed by atoms with Crippen LogP contribution in [0.4, 0.5) is 0 Å². The quantitative estimate of drug-likeness (QED) is 0.739. The zero-order valence-corrected chi connectivity index (χ0v) is 12.7. The van der Waals surface area contributed by atoms with Gasteiger partial charge in [-0.3, -0.25) is 4.79 Å². The average Bonchev–Trinajstić information content (AvgIpc) is 2.64. The van der Waals surface area contributed by atoms with Crippen molar-refractivity contribution in [2.45, 2.75) is 63.1 Å². The fourth-order valence-corrected chi connectivity index (χ4v) is 3.50. The molecule has 2 N–H and O–H groups in total. The molecule has 2 aliphatic heterocycles. The Morgan fingerprint density at radius 1 is 1.28 bits per heavy atom. The Balaban J connectivity index is 0.00000162. The Bertz CT molecular complexity index is 253. The summed E-state index contributed by atoms with van der Waals surface area (Å²) in [6.45, 7) is 0. The molecule has 3 nitrogen and oxygen atoms in total. The second kappa shape index (κ2) is 8.28. The predicted octanol–water partition coefficient (Wildman–Crippen LogP) is 2.34. The van der Waals surface area contributed by atoms with Crippen LogP contribution in [0.2, 0.25) is 0 Å². The van der Waals surface area contributed by atoms with Gasteiger partial charge >= 0.3 is 0 Å². The molecule has 0 radical (unpaired) electrons. The van der Waals surface area contributed by atoms with Gasteiger partial charge in [-0.2, -0.15) is 11.8 Å². The summed E-state index contributed by atoms with van der Waals surface area (Å²) in [7, 11) is 0. The lowest BCUT2D eigenvalue weighted by atomic mass is 9.99. The van der Waals surface area contributed by atoms with Crippen molar-refractivity contribution in [3.63, 3.8) is 0 Å². The minimum absolute atomic E-state index is 0. The van der Waals surface area contributed by atoms with Crippen molar-refractivity contribution in [1.29, 1.82) is 0 Å². The molecule has 2 bridgehead atoms. The highest BCUT2D eigenvalue weighted by Gasteiger charge is 2.33. The van der Waals surface area contributed by atoms with Gasteiger partial charge in [0.05, 0.1) is 0 Å². The van der Waals surface area contributed by atoms with Crippen molar-refractivity contribution in [2.75, 3.05) is 12.0 Å². The largest absolute Gasteiger partial charge is 0.353 e. The molecule has 2 rings (SSSR count). The number of fused-ring (bicyclic) bond motifs is 2. The van der Waals surface area contributed by atoms with Gasteiger partial charge in [-0.25, -0.2) is 0 Å². The van der Waals surface area contributed by atoms with E-state index in [4.69, 9.17) is 0 Å². The van der Waals surface area contributed by atoms with E-state index >= 15 is 0 Å². The van der Waals surface area contributed by atoms with E-state index in [2.05, 4.69) is 16.9 Å². The summed E-state index contributed by atoms with van der Waals surface area (Å²) in [6.07, 6.45) is 9.87. The second-order valence-corrected chi connectivity index (χ2v) is 6.31. The van der Waals surface area contributed by atoms with Crippen molar-refractivity contribution >= 4 is 30.1 Å².